The summed E-state index contributed by atoms with van der Waals surface area (Å²) in [5.74, 6) is -1.19. The molecule has 5 rings (SSSR count). The summed E-state index contributed by atoms with van der Waals surface area (Å²) in [6.07, 6.45) is 1.39. The molecule has 0 bridgehead atoms. The van der Waals surface area contributed by atoms with Crippen LogP contribution in [-0.4, -0.2) is 57.9 Å². The van der Waals surface area contributed by atoms with Crippen LogP contribution in [0, 0.1) is 0 Å². The molecule has 35 heavy (non-hydrogen) atoms. The molecule has 2 N–H and O–H groups in total. The van der Waals surface area contributed by atoms with Crippen LogP contribution in [0.25, 0.3) is 22.4 Å². The minimum atomic E-state index is -2.56. The number of nitrogens with one attached hydrogen (secondary N) is 2. The lowest BCUT2D eigenvalue weighted by atomic mass is 10.1. The Kier molecular flexibility index (Phi) is 6.41. The van der Waals surface area contributed by atoms with Gasteiger partial charge in [-0.05, 0) is 36.4 Å². The van der Waals surface area contributed by atoms with Gasteiger partial charge in [0.05, 0.1) is 16.6 Å². The number of benzene rings is 2. The number of halogens is 2. The van der Waals surface area contributed by atoms with Crippen molar-refractivity contribution in [2.45, 2.75) is 18.8 Å². The van der Waals surface area contributed by atoms with Gasteiger partial charge in [0.1, 0.15) is 29.5 Å². The van der Waals surface area contributed by atoms with Crippen molar-refractivity contribution in [2.75, 3.05) is 31.6 Å². The highest BCUT2D eigenvalue weighted by Gasteiger charge is 2.33. The van der Waals surface area contributed by atoms with Gasteiger partial charge in [0.15, 0.2) is 0 Å². The third-order valence-corrected chi connectivity index (χ3v) is 6.06. The fraction of sp³-hybridized carbons (Fsp3) is 0.269. The molecule has 0 atom stereocenters. The normalized spacial score (nSPS) is 15.7. The number of carbonyl (C=O) groups is 1. The van der Waals surface area contributed by atoms with E-state index in [4.69, 9.17) is 9.72 Å². The van der Waals surface area contributed by atoms with Crippen LogP contribution < -0.4 is 10.1 Å². The van der Waals surface area contributed by atoms with Crippen molar-refractivity contribution < 1.29 is 18.3 Å². The summed E-state index contributed by atoms with van der Waals surface area (Å²) in [6.45, 7) is 1.68. The van der Waals surface area contributed by atoms with Crippen molar-refractivity contribution in [1.82, 2.24) is 19.9 Å². The molecule has 1 fully saturated rings. The van der Waals surface area contributed by atoms with Crippen molar-refractivity contribution in [1.29, 1.82) is 0 Å². The first-order valence-corrected chi connectivity index (χ1v) is 11.5. The van der Waals surface area contributed by atoms with Crippen molar-refractivity contribution in [3.05, 3.63) is 72.4 Å². The van der Waals surface area contributed by atoms with Gasteiger partial charge < -0.3 is 15.0 Å². The molecule has 180 valence electrons. The van der Waals surface area contributed by atoms with Crippen LogP contribution in [0.2, 0.25) is 0 Å². The number of pyridine rings is 1. The van der Waals surface area contributed by atoms with Crippen LogP contribution in [0.4, 0.5) is 14.6 Å². The average Bonchev–Trinajstić information content (AvgIpc) is 3.30. The van der Waals surface area contributed by atoms with E-state index in [1.165, 1.54) is 0 Å². The van der Waals surface area contributed by atoms with Gasteiger partial charge in [-0.25, -0.2) is 18.7 Å². The monoisotopic (exact) mass is 477 g/mol. The number of alkyl halides is 2. The van der Waals surface area contributed by atoms with E-state index in [1.54, 1.807) is 36.5 Å². The SMILES string of the molecule is O=C(Nc1ccccn1)c1cccc2[nH]c(-c3ccccc3OCCN3CCC(F)(F)CC3)nc12. The molecular formula is C26H25F2N5O2. The van der Waals surface area contributed by atoms with Gasteiger partial charge in [-0.1, -0.05) is 24.3 Å². The number of amides is 1. The minimum absolute atomic E-state index is 0.112. The number of para-hydroxylation sites is 2. The molecule has 0 saturated carbocycles. The number of likely N-dealkylation sites (tertiary alicyclic amines) is 1. The number of carbonyl (C=O) groups excluding carboxylic acids is 1. The first kappa shape index (κ1) is 22.9. The Morgan fingerprint density at radius 2 is 1.86 bits per heavy atom. The number of piperidine rings is 1. The quantitative estimate of drug-likeness (QED) is 0.392. The summed E-state index contributed by atoms with van der Waals surface area (Å²) in [5, 5.41) is 2.79. The van der Waals surface area contributed by atoms with Gasteiger partial charge in [-0.2, -0.15) is 0 Å². The third kappa shape index (κ3) is 5.30. The first-order chi connectivity index (χ1) is 17.0. The molecule has 2 aromatic carbocycles. The summed E-state index contributed by atoms with van der Waals surface area (Å²) in [5.41, 5.74) is 2.44. The number of hydrogen-bond donors (Lipinski definition) is 2. The molecule has 0 aliphatic carbocycles. The topological polar surface area (TPSA) is 83.1 Å². The van der Waals surface area contributed by atoms with Gasteiger partial charge in [0.2, 0.25) is 0 Å². The zero-order valence-electron chi connectivity index (χ0n) is 19.0. The zero-order chi connectivity index (χ0) is 24.3. The van der Waals surface area contributed by atoms with Crippen LogP contribution in [0.1, 0.15) is 23.2 Å². The van der Waals surface area contributed by atoms with E-state index in [2.05, 4.69) is 15.3 Å². The van der Waals surface area contributed by atoms with E-state index < -0.39 is 5.92 Å². The van der Waals surface area contributed by atoms with Crippen LogP contribution in [0.15, 0.2) is 66.9 Å². The maximum atomic E-state index is 13.4. The summed E-state index contributed by atoms with van der Waals surface area (Å²) in [7, 11) is 0. The molecule has 1 amide bonds. The Morgan fingerprint density at radius 3 is 2.66 bits per heavy atom. The minimum Gasteiger partial charge on any atom is -0.491 e. The highest BCUT2D eigenvalue weighted by molar-refractivity contribution is 6.11. The molecule has 1 aliphatic rings. The van der Waals surface area contributed by atoms with E-state index in [-0.39, 0.29) is 18.7 Å². The highest BCUT2D eigenvalue weighted by Crippen LogP contribution is 2.31. The molecule has 7 nitrogen and oxygen atoms in total. The molecule has 1 saturated heterocycles. The van der Waals surface area contributed by atoms with E-state index >= 15 is 0 Å². The molecule has 0 radical (unpaired) electrons. The fourth-order valence-electron chi connectivity index (χ4n) is 4.14. The summed E-state index contributed by atoms with van der Waals surface area (Å²) in [4.78, 5) is 27.0. The van der Waals surface area contributed by atoms with Gasteiger partial charge in [0.25, 0.3) is 11.8 Å². The number of rotatable bonds is 7. The van der Waals surface area contributed by atoms with Gasteiger partial charge in [-0.15, -0.1) is 0 Å². The Labute approximate surface area is 201 Å². The predicted octanol–water partition coefficient (Wildman–Crippen LogP) is 4.99. The lowest BCUT2D eigenvalue weighted by Crippen LogP contribution is -2.41. The van der Waals surface area contributed by atoms with Crippen LogP contribution >= 0.6 is 0 Å². The smallest absolute Gasteiger partial charge is 0.259 e. The molecule has 0 spiro atoms. The van der Waals surface area contributed by atoms with Crippen molar-refractivity contribution in [3.8, 4) is 17.1 Å². The fourth-order valence-corrected chi connectivity index (χ4v) is 4.14. The molecule has 9 heteroatoms. The average molecular weight is 478 g/mol. The number of aromatic nitrogens is 3. The van der Waals surface area contributed by atoms with E-state index in [9.17, 15) is 13.6 Å². The number of nitrogens with zero attached hydrogens (tertiary/aromatic N) is 3. The summed E-state index contributed by atoms with van der Waals surface area (Å²) < 4.78 is 32.8. The molecule has 2 aromatic heterocycles. The van der Waals surface area contributed by atoms with Crippen molar-refractivity contribution in [2.24, 2.45) is 0 Å². The molecule has 3 heterocycles. The first-order valence-electron chi connectivity index (χ1n) is 11.5. The Bertz CT molecular complexity index is 1320. The van der Waals surface area contributed by atoms with Crippen LogP contribution in [-0.2, 0) is 0 Å². The second-order valence-corrected chi connectivity index (χ2v) is 8.50. The highest BCUT2D eigenvalue weighted by atomic mass is 19.3. The largest absolute Gasteiger partial charge is 0.491 e. The second kappa shape index (κ2) is 9.79. The summed E-state index contributed by atoms with van der Waals surface area (Å²) in [6, 6.07) is 18.2. The Hall–Kier alpha value is -3.85. The van der Waals surface area contributed by atoms with Crippen LogP contribution in [0.5, 0.6) is 5.75 Å². The number of ether oxygens (including phenoxy) is 1. The van der Waals surface area contributed by atoms with E-state index in [0.717, 1.165) is 11.1 Å². The zero-order valence-corrected chi connectivity index (χ0v) is 19.0. The number of imidazole rings is 1. The van der Waals surface area contributed by atoms with Crippen molar-refractivity contribution in [3.63, 3.8) is 0 Å². The third-order valence-electron chi connectivity index (χ3n) is 6.06. The second-order valence-electron chi connectivity index (χ2n) is 8.50. The maximum absolute atomic E-state index is 13.4. The number of H-pyrrole nitrogens is 1. The Morgan fingerprint density at radius 1 is 1.06 bits per heavy atom. The van der Waals surface area contributed by atoms with Gasteiger partial charge in [0, 0.05) is 38.7 Å². The molecular weight excluding hydrogens is 452 g/mol. The van der Waals surface area contributed by atoms with Gasteiger partial charge >= 0.3 is 0 Å². The maximum Gasteiger partial charge on any atom is 0.259 e. The number of fused-ring (bicyclic) bond motifs is 1. The lowest BCUT2D eigenvalue weighted by Gasteiger charge is -2.31. The number of aromatic amines is 1. The predicted molar refractivity (Wildman–Crippen MR) is 130 cm³/mol. The summed E-state index contributed by atoms with van der Waals surface area (Å²) >= 11 is 0. The number of hydrogen-bond acceptors (Lipinski definition) is 5. The van der Waals surface area contributed by atoms with Crippen LogP contribution in [0.3, 0.4) is 0 Å². The van der Waals surface area contributed by atoms with Crippen molar-refractivity contribution >= 4 is 22.8 Å². The lowest BCUT2D eigenvalue weighted by molar-refractivity contribution is -0.0564. The molecule has 0 unspecified atom stereocenters. The van der Waals surface area contributed by atoms with E-state index in [1.807, 2.05) is 35.2 Å². The standard InChI is InChI=1S/C26H25F2N5O2/c27-26(28)11-14-33(15-12-26)16-17-35-21-9-2-1-6-18(21)24-30-20-8-5-7-19(23(20)32-24)25(34)31-22-10-3-4-13-29-22/h1-10,13H,11-12,14-17H2,(H,30,32)(H,29,31,34). The van der Waals surface area contributed by atoms with Gasteiger partial charge in [-0.3, -0.25) is 9.69 Å². The molecule has 4 aromatic rings. The number of anilines is 1. The van der Waals surface area contributed by atoms with E-state index in [0.29, 0.717) is 54.7 Å². The molecule has 1 aliphatic heterocycles. The Balaban J connectivity index is 1.33.